The van der Waals surface area contributed by atoms with E-state index in [9.17, 15) is 20.0 Å². The molecule has 1 aromatic rings. The minimum absolute atomic E-state index is 0.103. The van der Waals surface area contributed by atoms with Crippen LogP contribution in [0.2, 0.25) is 0 Å². The van der Waals surface area contributed by atoms with Gasteiger partial charge in [0.2, 0.25) is 0 Å². The van der Waals surface area contributed by atoms with Crippen molar-refractivity contribution < 1.29 is 24.3 Å². The molecule has 1 heterocycles. The molecule has 4 atom stereocenters. The molecule has 0 spiro atoms. The third-order valence-electron chi connectivity index (χ3n) is 3.28. The van der Waals surface area contributed by atoms with Crippen LogP contribution in [-0.2, 0) is 9.47 Å². The zero-order chi connectivity index (χ0) is 15.6. The molecule has 1 aliphatic heterocycles. The van der Waals surface area contributed by atoms with E-state index in [0.29, 0.717) is 4.43 Å². The average Bonchev–Trinajstić information content (AvgIpc) is 2.74. The minimum Gasteiger partial charge on any atom is -0.453 e. The maximum Gasteiger partial charge on any atom is 0.338 e. The van der Waals surface area contributed by atoms with E-state index in [0.717, 1.165) is 0 Å². The summed E-state index contributed by atoms with van der Waals surface area (Å²) in [5.74, 6) is -0.640. The van der Waals surface area contributed by atoms with E-state index >= 15 is 0 Å². The summed E-state index contributed by atoms with van der Waals surface area (Å²) in [5.41, 5.74) is 0.0899. The van der Waals surface area contributed by atoms with Gasteiger partial charge in [0.05, 0.1) is 22.7 Å². The van der Waals surface area contributed by atoms with Gasteiger partial charge in [0.15, 0.2) is 6.10 Å². The number of rotatable bonds is 4. The van der Waals surface area contributed by atoms with E-state index in [-0.39, 0.29) is 17.4 Å². The van der Waals surface area contributed by atoms with Crippen LogP contribution in [0.1, 0.15) is 17.3 Å². The smallest absolute Gasteiger partial charge is 0.338 e. The van der Waals surface area contributed by atoms with Gasteiger partial charge in [0, 0.05) is 16.6 Å². The second kappa shape index (κ2) is 6.67. The third kappa shape index (κ3) is 3.50. The Hall–Kier alpha value is -1.26. The second-order valence-corrected chi connectivity index (χ2v) is 5.58. The normalized spacial score (nSPS) is 28.3. The molecule has 1 N–H and O–H groups in total. The number of nitro benzene ring substituents is 1. The molecule has 1 aliphatic rings. The molecule has 0 aliphatic carbocycles. The number of aliphatic hydroxyl groups excluding tert-OH is 1. The number of halogens is 1. The molecule has 1 fully saturated rings. The van der Waals surface area contributed by atoms with E-state index in [1.165, 1.54) is 24.3 Å². The van der Waals surface area contributed by atoms with Crippen molar-refractivity contribution in [2.75, 3.05) is 4.43 Å². The monoisotopic (exact) mass is 407 g/mol. The fourth-order valence-electron chi connectivity index (χ4n) is 2.13. The summed E-state index contributed by atoms with van der Waals surface area (Å²) in [6.07, 6.45) is -2.39. The molecule has 0 radical (unpaired) electrons. The van der Waals surface area contributed by atoms with Crippen LogP contribution in [0.5, 0.6) is 0 Å². The topological polar surface area (TPSA) is 98.9 Å². The van der Waals surface area contributed by atoms with Crippen LogP contribution in [0.25, 0.3) is 0 Å². The zero-order valence-corrected chi connectivity index (χ0v) is 13.3. The first-order valence-electron chi connectivity index (χ1n) is 6.29. The number of benzene rings is 1. The van der Waals surface area contributed by atoms with Gasteiger partial charge < -0.3 is 14.6 Å². The van der Waals surface area contributed by atoms with Gasteiger partial charge in [-0.15, -0.1) is 0 Å². The number of esters is 1. The lowest BCUT2D eigenvalue weighted by Gasteiger charge is -2.18. The lowest BCUT2D eigenvalue weighted by molar-refractivity contribution is -0.384. The number of hydrogen-bond donors (Lipinski definition) is 1. The van der Waals surface area contributed by atoms with E-state index in [2.05, 4.69) is 22.6 Å². The molecular formula is C13H14INO6. The number of alkyl halides is 1. The number of carbonyl (C=O) groups is 1. The molecule has 0 amide bonds. The number of hydrogen-bond acceptors (Lipinski definition) is 6. The van der Waals surface area contributed by atoms with Gasteiger partial charge >= 0.3 is 5.97 Å². The highest BCUT2D eigenvalue weighted by molar-refractivity contribution is 14.1. The van der Waals surface area contributed by atoms with Crippen LogP contribution < -0.4 is 0 Å². The molecule has 0 unspecified atom stereocenters. The number of aliphatic hydroxyl groups is 1. The highest BCUT2D eigenvalue weighted by atomic mass is 127. The molecule has 1 aromatic carbocycles. The van der Waals surface area contributed by atoms with Crippen LogP contribution >= 0.6 is 22.6 Å². The summed E-state index contributed by atoms with van der Waals surface area (Å²) in [4.78, 5) is 22.0. The number of nitro groups is 1. The van der Waals surface area contributed by atoms with Gasteiger partial charge in [-0.3, -0.25) is 10.1 Å². The summed E-state index contributed by atoms with van der Waals surface area (Å²) in [6.45, 7) is 1.73. The quantitative estimate of drug-likeness (QED) is 0.268. The summed E-state index contributed by atoms with van der Waals surface area (Å²) in [5, 5.41) is 20.6. The highest BCUT2D eigenvalue weighted by Gasteiger charge is 2.43. The minimum atomic E-state index is -0.876. The Bertz CT molecular complexity index is 534. The Balaban J connectivity index is 2.06. The maximum absolute atomic E-state index is 12.0. The van der Waals surface area contributed by atoms with Crippen molar-refractivity contribution in [3.05, 3.63) is 39.9 Å². The van der Waals surface area contributed by atoms with Gasteiger partial charge in [-0.05, 0) is 19.1 Å². The van der Waals surface area contributed by atoms with Gasteiger partial charge in [-0.1, -0.05) is 22.6 Å². The van der Waals surface area contributed by atoms with Gasteiger partial charge in [-0.2, -0.15) is 0 Å². The molecule has 7 nitrogen and oxygen atoms in total. The molecule has 21 heavy (non-hydrogen) atoms. The highest BCUT2D eigenvalue weighted by Crippen LogP contribution is 2.26. The van der Waals surface area contributed by atoms with Crippen LogP contribution in [-0.4, -0.2) is 44.8 Å². The number of ether oxygens (including phenoxy) is 2. The van der Waals surface area contributed by atoms with Gasteiger partial charge in [0.1, 0.15) is 6.10 Å². The summed E-state index contributed by atoms with van der Waals surface area (Å²) in [7, 11) is 0. The molecular weight excluding hydrogens is 393 g/mol. The third-order valence-corrected chi connectivity index (χ3v) is 4.15. The first kappa shape index (κ1) is 16.1. The van der Waals surface area contributed by atoms with Crippen LogP contribution in [0.4, 0.5) is 5.69 Å². The van der Waals surface area contributed by atoms with Crippen molar-refractivity contribution in [3.8, 4) is 0 Å². The SMILES string of the molecule is C[C@@H]1O[C@H](CI)[C@@H](O)[C@H]1OC(=O)c1ccc([N+](=O)[O-])cc1. The van der Waals surface area contributed by atoms with Crippen LogP contribution in [0.15, 0.2) is 24.3 Å². The first-order valence-corrected chi connectivity index (χ1v) is 7.81. The first-order chi connectivity index (χ1) is 9.93. The number of carbonyl (C=O) groups excluding carboxylic acids is 1. The van der Waals surface area contributed by atoms with E-state index in [4.69, 9.17) is 9.47 Å². The van der Waals surface area contributed by atoms with Crippen molar-refractivity contribution in [2.45, 2.75) is 31.3 Å². The van der Waals surface area contributed by atoms with Gasteiger partial charge in [0.25, 0.3) is 5.69 Å². The van der Waals surface area contributed by atoms with E-state index < -0.39 is 29.2 Å². The van der Waals surface area contributed by atoms with Crippen molar-refractivity contribution >= 4 is 34.2 Å². The van der Waals surface area contributed by atoms with Crippen molar-refractivity contribution in [1.82, 2.24) is 0 Å². The van der Waals surface area contributed by atoms with Crippen molar-refractivity contribution in [2.24, 2.45) is 0 Å². The molecule has 1 saturated heterocycles. The molecule has 0 saturated carbocycles. The summed E-state index contributed by atoms with van der Waals surface area (Å²) in [6, 6.07) is 5.11. The van der Waals surface area contributed by atoms with E-state index in [1.54, 1.807) is 6.92 Å². The lowest BCUT2D eigenvalue weighted by Crippen LogP contribution is -2.36. The molecule has 114 valence electrons. The standard InChI is InChI=1S/C13H14INO6/c1-7-12(11(16)10(6-14)20-7)21-13(17)8-2-4-9(5-3-8)15(18)19/h2-5,7,10-12,16H,6H2,1H3/t7-,10+,11+,12-/m0/s1. The number of non-ortho nitro benzene ring substituents is 1. The predicted octanol–water partition coefficient (Wildman–Crippen LogP) is 1.70. The summed E-state index contributed by atoms with van der Waals surface area (Å²) < 4.78 is 11.4. The Morgan fingerprint density at radius 3 is 2.57 bits per heavy atom. The largest absolute Gasteiger partial charge is 0.453 e. The average molecular weight is 407 g/mol. The Kier molecular flexibility index (Phi) is 5.12. The molecule has 0 aromatic heterocycles. The molecule has 0 bridgehead atoms. The fourth-order valence-corrected chi connectivity index (χ4v) is 2.86. The Morgan fingerprint density at radius 1 is 1.48 bits per heavy atom. The fraction of sp³-hybridized carbons (Fsp3) is 0.462. The zero-order valence-electron chi connectivity index (χ0n) is 11.1. The van der Waals surface area contributed by atoms with Crippen LogP contribution in [0, 0.1) is 10.1 Å². The second-order valence-electron chi connectivity index (χ2n) is 4.70. The Labute approximate surface area is 134 Å². The van der Waals surface area contributed by atoms with E-state index in [1.807, 2.05) is 0 Å². The Morgan fingerprint density at radius 2 is 2.10 bits per heavy atom. The predicted molar refractivity (Wildman–Crippen MR) is 81.5 cm³/mol. The van der Waals surface area contributed by atoms with Gasteiger partial charge in [-0.25, -0.2) is 4.79 Å². The lowest BCUT2D eigenvalue weighted by atomic mass is 10.1. The summed E-state index contributed by atoms with van der Waals surface area (Å²) >= 11 is 2.09. The molecule has 2 rings (SSSR count). The van der Waals surface area contributed by atoms with Crippen molar-refractivity contribution in [3.63, 3.8) is 0 Å². The van der Waals surface area contributed by atoms with Crippen molar-refractivity contribution in [1.29, 1.82) is 0 Å². The van der Waals surface area contributed by atoms with Crippen LogP contribution in [0.3, 0.4) is 0 Å². The maximum atomic E-state index is 12.0. The number of nitrogens with zero attached hydrogens (tertiary/aromatic N) is 1. The molecule has 8 heteroatoms.